The van der Waals surface area contributed by atoms with Gasteiger partial charge in [-0.05, 0) is 31.5 Å². The molecule has 0 saturated carbocycles. The van der Waals surface area contributed by atoms with Crippen molar-refractivity contribution in [3.63, 3.8) is 0 Å². The first kappa shape index (κ1) is 23.5. The molecule has 11 heteroatoms. The highest BCUT2D eigenvalue weighted by molar-refractivity contribution is 5.94. The second kappa shape index (κ2) is 10.7. The van der Waals surface area contributed by atoms with Crippen molar-refractivity contribution in [2.24, 2.45) is 5.73 Å². The quantitative estimate of drug-likeness (QED) is 0.362. The predicted molar refractivity (Wildman–Crippen MR) is 101 cm³/mol. The Morgan fingerprint density at radius 2 is 1.72 bits per heavy atom. The number of hydrogen-bond donors (Lipinski definition) is 4. The molecule has 4 amide bonds. The lowest BCUT2D eigenvalue weighted by Gasteiger charge is -2.28. The van der Waals surface area contributed by atoms with E-state index in [4.69, 9.17) is 10.8 Å². The Morgan fingerprint density at radius 1 is 1.14 bits per heavy atom. The number of amides is 4. The maximum Gasteiger partial charge on any atom is 0.326 e. The Labute approximate surface area is 167 Å². The number of rotatable bonds is 10. The van der Waals surface area contributed by atoms with Gasteiger partial charge in [0.15, 0.2) is 0 Å². The molecule has 0 spiro atoms. The number of carboxylic acids is 1. The van der Waals surface area contributed by atoms with E-state index in [2.05, 4.69) is 15.6 Å². The zero-order valence-corrected chi connectivity index (χ0v) is 16.4. The number of carboxylic acid groups (broad SMARTS) is 1. The topological polar surface area (TPSA) is 172 Å². The van der Waals surface area contributed by atoms with Crippen molar-refractivity contribution in [3.05, 3.63) is 30.1 Å². The molecule has 3 atom stereocenters. The van der Waals surface area contributed by atoms with E-state index >= 15 is 0 Å². The van der Waals surface area contributed by atoms with E-state index in [-0.39, 0.29) is 12.3 Å². The molecular formula is C18H25N5O6. The summed E-state index contributed by atoms with van der Waals surface area (Å²) in [5, 5.41) is 13.8. The first-order chi connectivity index (χ1) is 13.5. The molecule has 0 aliphatic rings. The minimum absolute atomic E-state index is 0.0628. The normalized spacial score (nSPS) is 13.5. The zero-order chi connectivity index (χ0) is 22.1. The first-order valence-electron chi connectivity index (χ1n) is 8.79. The fraction of sp³-hybridized carbons (Fsp3) is 0.444. The van der Waals surface area contributed by atoms with Crippen molar-refractivity contribution in [2.45, 2.75) is 44.8 Å². The molecule has 0 fully saturated rings. The molecule has 29 heavy (non-hydrogen) atoms. The van der Waals surface area contributed by atoms with Crippen molar-refractivity contribution < 1.29 is 29.1 Å². The molecule has 0 saturated heterocycles. The van der Waals surface area contributed by atoms with Gasteiger partial charge in [0.25, 0.3) is 0 Å². The average Bonchev–Trinajstić information content (AvgIpc) is 2.65. The van der Waals surface area contributed by atoms with E-state index < -0.39 is 48.2 Å². The summed E-state index contributed by atoms with van der Waals surface area (Å²) in [6.07, 6.45) is 2.59. The number of aromatic nitrogens is 1. The van der Waals surface area contributed by atoms with Crippen LogP contribution in [0, 0.1) is 0 Å². The van der Waals surface area contributed by atoms with Crippen LogP contribution < -0.4 is 16.4 Å². The van der Waals surface area contributed by atoms with Crippen LogP contribution in [-0.2, 0) is 30.4 Å². The largest absolute Gasteiger partial charge is 0.480 e. The molecule has 0 radical (unpaired) electrons. The van der Waals surface area contributed by atoms with E-state index in [1.807, 2.05) is 0 Å². The van der Waals surface area contributed by atoms with Crippen molar-refractivity contribution >= 4 is 29.6 Å². The van der Waals surface area contributed by atoms with E-state index in [1.165, 1.54) is 20.9 Å². The third kappa shape index (κ3) is 7.56. The third-order valence-electron chi connectivity index (χ3n) is 4.19. The number of nitrogens with one attached hydrogen (secondary N) is 2. The summed E-state index contributed by atoms with van der Waals surface area (Å²) in [4.78, 5) is 63.8. The summed E-state index contributed by atoms with van der Waals surface area (Å²) in [5.74, 6) is -4.01. The zero-order valence-electron chi connectivity index (χ0n) is 16.4. The van der Waals surface area contributed by atoms with Gasteiger partial charge in [0, 0.05) is 19.4 Å². The minimum atomic E-state index is -1.50. The molecule has 158 valence electrons. The number of likely N-dealkylation sites (N-methyl/N-ethyl adjacent to an activating group) is 1. The van der Waals surface area contributed by atoms with Gasteiger partial charge in [-0.3, -0.25) is 24.2 Å². The Kier molecular flexibility index (Phi) is 8.71. The van der Waals surface area contributed by atoms with Crippen molar-refractivity contribution in [3.8, 4) is 0 Å². The van der Waals surface area contributed by atoms with Gasteiger partial charge >= 0.3 is 5.97 Å². The molecular weight excluding hydrogens is 382 g/mol. The Bertz CT molecular complexity index is 769. The lowest BCUT2D eigenvalue weighted by molar-refractivity contribution is -0.145. The minimum Gasteiger partial charge on any atom is -0.480 e. The number of carbonyl (C=O) groups excluding carboxylic acids is 4. The van der Waals surface area contributed by atoms with Gasteiger partial charge in [0.1, 0.15) is 18.1 Å². The number of nitrogens with zero attached hydrogens (tertiary/aromatic N) is 2. The monoisotopic (exact) mass is 407 g/mol. The molecule has 1 rings (SSSR count). The maximum atomic E-state index is 12.5. The van der Waals surface area contributed by atoms with Crippen LogP contribution in [0.3, 0.4) is 0 Å². The highest BCUT2D eigenvalue weighted by Gasteiger charge is 2.30. The van der Waals surface area contributed by atoms with Crippen LogP contribution in [0.2, 0.25) is 0 Å². The molecule has 3 unspecified atom stereocenters. The van der Waals surface area contributed by atoms with Crippen molar-refractivity contribution in [2.75, 3.05) is 7.05 Å². The van der Waals surface area contributed by atoms with E-state index in [0.29, 0.717) is 0 Å². The smallest absolute Gasteiger partial charge is 0.326 e. The standard InChI is InChI=1S/C18H25N5O6/c1-10(21-15(25)8-12-4-6-20-7-5-12)17(27)23(3)11(2)16(26)22-13(18(28)29)9-14(19)24/h4-7,10-11,13H,8-9H2,1-3H3,(H2,19,24)(H,21,25)(H,22,26)(H,28,29). The second-order valence-electron chi connectivity index (χ2n) is 6.52. The van der Waals surface area contributed by atoms with Crippen LogP contribution in [0.25, 0.3) is 0 Å². The van der Waals surface area contributed by atoms with E-state index in [9.17, 15) is 24.0 Å². The molecule has 0 aromatic carbocycles. The lowest BCUT2D eigenvalue weighted by atomic mass is 10.1. The highest BCUT2D eigenvalue weighted by atomic mass is 16.4. The Balaban J connectivity index is 2.65. The van der Waals surface area contributed by atoms with Crippen LogP contribution in [0.5, 0.6) is 0 Å². The Hall–Kier alpha value is -3.50. The van der Waals surface area contributed by atoms with Gasteiger partial charge in [-0.15, -0.1) is 0 Å². The van der Waals surface area contributed by atoms with Crippen LogP contribution >= 0.6 is 0 Å². The summed E-state index contributed by atoms with van der Waals surface area (Å²) in [7, 11) is 1.35. The summed E-state index contributed by atoms with van der Waals surface area (Å²) in [6.45, 7) is 2.86. The van der Waals surface area contributed by atoms with Gasteiger partial charge < -0.3 is 26.4 Å². The number of aliphatic carboxylic acids is 1. The van der Waals surface area contributed by atoms with Gasteiger partial charge in [-0.1, -0.05) is 0 Å². The third-order valence-corrected chi connectivity index (χ3v) is 4.19. The van der Waals surface area contributed by atoms with Gasteiger partial charge in [-0.2, -0.15) is 0 Å². The van der Waals surface area contributed by atoms with Crippen LogP contribution in [0.15, 0.2) is 24.5 Å². The fourth-order valence-electron chi connectivity index (χ4n) is 2.41. The van der Waals surface area contributed by atoms with Gasteiger partial charge in [0.2, 0.25) is 23.6 Å². The molecule has 0 aliphatic carbocycles. The fourth-order valence-corrected chi connectivity index (χ4v) is 2.41. The maximum absolute atomic E-state index is 12.5. The molecule has 5 N–H and O–H groups in total. The number of primary amides is 1. The number of nitrogens with two attached hydrogens (primary N) is 1. The Morgan fingerprint density at radius 3 is 2.24 bits per heavy atom. The number of carbonyl (C=O) groups is 5. The molecule has 0 aliphatic heterocycles. The van der Waals surface area contributed by atoms with Crippen LogP contribution in [-0.4, -0.2) is 69.8 Å². The predicted octanol–water partition coefficient (Wildman–Crippen LogP) is -1.58. The van der Waals surface area contributed by atoms with Gasteiger partial charge in [-0.25, -0.2) is 4.79 Å². The molecule has 0 bridgehead atoms. The number of hydrogen-bond acceptors (Lipinski definition) is 6. The summed E-state index contributed by atoms with van der Waals surface area (Å²) in [6, 6.07) is -0.101. The second-order valence-corrected chi connectivity index (χ2v) is 6.52. The summed E-state index contributed by atoms with van der Waals surface area (Å²) >= 11 is 0. The van der Waals surface area contributed by atoms with Crippen LogP contribution in [0.4, 0.5) is 0 Å². The van der Waals surface area contributed by atoms with Gasteiger partial charge in [0.05, 0.1) is 12.8 Å². The van der Waals surface area contributed by atoms with Crippen molar-refractivity contribution in [1.82, 2.24) is 20.5 Å². The molecule has 11 nitrogen and oxygen atoms in total. The first-order valence-corrected chi connectivity index (χ1v) is 8.79. The van der Waals surface area contributed by atoms with E-state index in [1.54, 1.807) is 24.5 Å². The molecule has 1 aromatic rings. The molecule has 1 aromatic heterocycles. The van der Waals surface area contributed by atoms with Crippen LogP contribution in [0.1, 0.15) is 25.8 Å². The SMILES string of the molecule is CC(NC(=O)Cc1ccncc1)C(=O)N(C)C(C)C(=O)NC(CC(N)=O)C(=O)O. The average molecular weight is 407 g/mol. The van der Waals surface area contributed by atoms with E-state index in [0.717, 1.165) is 10.5 Å². The summed E-state index contributed by atoms with van der Waals surface area (Å²) < 4.78 is 0. The molecule has 1 heterocycles. The highest BCUT2D eigenvalue weighted by Crippen LogP contribution is 2.03. The number of pyridine rings is 1. The summed E-state index contributed by atoms with van der Waals surface area (Å²) in [5.41, 5.74) is 5.70. The lowest BCUT2D eigenvalue weighted by Crippen LogP contribution is -2.55. The van der Waals surface area contributed by atoms with Crippen molar-refractivity contribution in [1.29, 1.82) is 0 Å².